The molecule has 8 heteroatoms. The largest absolute Gasteiger partial charge is 0.378 e. The van der Waals surface area contributed by atoms with Crippen LogP contribution in [-0.2, 0) is 17.0 Å². The van der Waals surface area contributed by atoms with E-state index in [2.05, 4.69) is 71.1 Å². The summed E-state index contributed by atoms with van der Waals surface area (Å²) >= 11 is 5.14. The van der Waals surface area contributed by atoms with Crippen molar-refractivity contribution in [1.82, 2.24) is 19.7 Å². The van der Waals surface area contributed by atoms with Crippen LogP contribution in [0.5, 0.6) is 0 Å². The van der Waals surface area contributed by atoms with Gasteiger partial charge in [-0.2, -0.15) is 0 Å². The van der Waals surface area contributed by atoms with Gasteiger partial charge in [0.05, 0.1) is 35.2 Å². The third-order valence-corrected chi connectivity index (χ3v) is 7.45. The molecule has 0 fully saturated rings. The second kappa shape index (κ2) is 10.4. The minimum atomic E-state index is 0.244. The molecular weight excluding hydrogens is 432 g/mol. The number of thioether (sulfide) groups is 2. The van der Waals surface area contributed by atoms with Crippen molar-refractivity contribution < 1.29 is 4.74 Å². The first-order valence-electron chi connectivity index (χ1n) is 9.88. The summed E-state index contributed by atoms with van der Waals surface area (Å²) in [6, 6.07) is 18.7. The highest BCUT2D eigenvalue weighted by atomic mass is 32.2. The van der Waals surface area contributed by atoms with Crippen molar-refractivity contribution in [2.24, 2.45) is 0 Å². The van der Waals surface area contributed by atoms with Crippen LogP contribution >= 0.6 is 34.9 Å². The van der Waals surface area contributed by atoms with Crippen molar-refractivity contribution in [1.29, 1.82) is 0 Å². The quantitative estimate of drug-likeness (QED) is 0.224. The van der Waals surface area contributed by atoms with Crippen molar-refractivity contribution in [2.45, 2.75) is 41.7 Å². The van der Waals surface area contributed by atoms with Crippen LogP contribution in [0.2, 0.25) is 0 Å². The van der Waals surface area contributed by atoms with Crippen molar-refractivity contribution in [3.05, 3.63) is 66.0 Å². The summed E-state index contributed by atoms with van der Waals surface area (Å²) in [6.45, 7) is 5.58. The molecule has 0 aliphatic rings. The maximum Gasteiger partial charge on any atom is 0.191 e. The number of rotatable bonds is 10. The molecule has 2 heterocycles. The predicted molar refractivity (Wildman–Crippen MR) is 127 cm³/mol. The van der Waals surface area contributed by atoms with E-state index in [1.165, 1.54) is 10.3 Å². The van der Waals surface area contributed by atoms with Gasteiger partial charge < -0.3 is 9.30 Å². The van der Waals surface area contributed by atoms with Crippen LogP contribution < -0.4 is 0 Å². The highest BCUT2D eigenvalue weighted by molar-refractivity contribution is 8.00. The van der Waals surface area contributed by atoms with E-state index in [4.69, 9.17) is 9.72 Å². The number of para-hydroxylation sites is 1. The van der Waals surface area contributed by atoms with Crippen LogP contribution in [0.3, 0.4) is 0 Å². The number of thiazole rings is 1. The number of hydrogen-bond acceptors (Lipinski definition) is 7. The molecule has 0 bridgehead atoms. The monoisotopic (exact) mass is 456 g/mol. The Bertz CT molecular complexity index is 1050. The zero-order valence-corrected chi connectivity index (χ0v) is 19.5. The average molecular weight is 457 g/mol. The number of nitrogens with zero attached hydrogens (tertiary/aromatic N) is 4. The lowest BCUT2D eigenvalue weighted by Gasteiger charge is -2.11. The molecule has 0 amide bonds. The van der Waals surface area contributed by atoms with Gasteiger partial charge in [0.25, 0.3) is 0 Å². The summed E-state index contributed by atoms with van der Waals surface area (Å²) < 4.78 is 10.2. The fraction of sp³-hybridized carbons (Fsp3) is 0.318. The molecule has 0 aliphatic carbocycles. The first kappa shape index (κ1) is 21.4. The summed E-state index contributed by atoms with van der Waals surface area (Å²) in [5.41, 5.74) is 2.29. The number of aromatic nitrogens is 4. The molecule has 0 saturated heterocycles. The SMILES string of the molecule is CC(C)OCCSc1nnc(CSc2nc3ccccc3s2)n1Cc1ccccc1. The van der Waals surface area contributed by atoms with Gasteiger partial charge in [0.1, 0.15) is 5.82 Å². The van der Waals surface area contributed by atoms with E-state index in [0.717, 1.165) is 38.9 Å². The van der Waals surface area contributed by atoms with Crippen LogP contribution in [-0.4, -0.2) is 38.2 Å². The van der Waals surface area contributed by atoms with Crippen LogP contribution in [0, 0.1) is 0 Å². The second-order valence-corrected chi connectivity index (χ2v) is 10.3. The zero-order valence-electron chi connectivity index (χ0n) is 17.0. The van der Waals surface area contributed by atoms with Gasteiger partial charge >= 0.3 is 0 Å². The fourth-order valence-corrected chi connectivity index (χ4v) is 5.71. The maximum atomic E-state index is 5.67. The average Bonchev–Trinajstić information content (AvgIpc) is 3.34. The third-order valence-electron chi connectivity index (χ3n) is 4.34. The Kier molecular flexibility index (Phi) is 7.43. The molecule has 4 rings (SSSR count). The van der Waals surface area contributed by atoms with E-state index in [1.54, 1.807) is 34.9 Å². The summed E-state index contributed by atoms with van der Waals surface area (Å²) in [5, 5.41) is 9.91. The smallest absolute Gasteiger partial charge is 0.191 e. The molecule has 0 aliphatic heterocycles. The summed E-state index contributed by atoms with van der Waals surface area (Å²) in [7, 11) is 0. The second-order valence-electron chi connectivity index (χ2n) is 6.97. The van der Waals surface area contributed by atoms with Gasteiger partial charge in [-0.3, -0.25) is 0 Å². The number of hydrogen-bond donors (Lipinski definition) is 0. The molecule has 156 valence electrons. The summed E-state index contributed by atoms with van der Waals surface area (Å²) in [6.07, 6.45) is 0.244. The lowest BCUT2D eigenvalue weighted by Crippen LogP contribution is -2.08. The fourth-order valence-electron chi connectivity index (χ4n) is 2.91. The standard InChI is InChI=1S/C22H24N4OS3/c1-16(2)27-12-13-28-21-25-24-20(26(21)14-17-8-4-3-5-9-17)15-29-22-23-18-10-6-7-11-19(18)30-22/h3-11,16H,12-15H2,1-2H3. The molecule has 0 atom stereocenters. The number of benzene rings is 2. The first-order chi connectivity index (χ1) is 14.7. The van der Waals surface area contributed by atoms with Gasteiger partial charge in [-0.15, -0.1) is 21.5 Å². The van der Waals surface area contributed by atoms with Gasteiger partial charge in [-0.1, -0.05) is 66.0 Å². The Morgan fingerprint density at radius 2 is 1.80 bits per heavy atom. The van der Waals surface area contributed by atoms with E-state index in [1.807, 2.05) is 12.1 Å². The topological polar surface area (TPSA) is 52.8 Å². The van der Waals surface area contributed by atoms with E-state index in [-0.39, 0.29) is 6.10 Å². The third kappa shape index (κ3) is 5.63. The highest BCUT2D eigenvalue weighted by Gasteiger charge is 2.15. The molecule has 0 N–H and O–H groups in total. The molecule has 30 heavy (non-hydrogen) atoms. The summed E-state index contributed by atoms with van der Waals surface area (Å²) in [4.78, 5) is 4.73. The molecule has 0 saturated carbocycles. The lowest BCUT2D eigenvalue weighted by atomic mass is 10.2. The molecule has 0 unspecified atom stereocenters. The van der Waals surface area contributed by atoms with E-state index >= 15 is 0 Å². The molecule has 2 aromatic heterocycles. The Balaban J connectivity index is 1.48. The van der Waals surface area contributed by atoms with Gasteiger partial charge in [0.2, 0.25) is 0 Å². The van der Waals surface area contributed by atoms with Crippen LogP contribution in [0.25, 0.3) is 10.2 Å². The zero-order chi connectivity index (χ0) is 20.8. The Morgan fingerprint density at radius 1 is 1.00 bits per heavy atom. The van der Waals surface area contributed by atoms with Gasteiger partial charge in [-0.25, -0.2) is 4.98 Å². The van der Waals surface area contributed by atoms with Crippen LogP contribution in [0.15, 0.2) is 64.1 Å². The van der Waals surface area contributed by atoms with Gasteiger partial charge in [0, 0.05) is 5.75 Å². The molecule has 4 aromatic rings. The number of fused-ring (bicyclic) bond motifs is 1. The minimum Gasteiger partial charge on any atom is -0.378 e. The van der Waals surface area contributed by atoms with E-state index in [0.29, 0.717) is 6.61 Å². The molecular formula is C22H24N4OS3. The van der Waals surface area contributed by atoms with Gasteiger partial charge in [0.15, 0.2) is 9.50 Å². The van der Waals surface area contributed by atoms with Crippen molar-refractivity contribution in [3.8, 4) is 0 Å². The minimum absolute atomic E-state index is 0.244. The maximum absolute atomic E-state index is 5.67. The highest BCUT2D eigenvalue weighted by Crippen LogP contribution is 2.31. The molecule has 0 spiro atoms. The lowest BCUT2D eigenvalue weighted by molar-refractivity contribution is 0.0920. The van der Waals surface area contributed by atoms with Crippen LogP contribution in [0.1, 0.15) is 25.2 Å². The van der Waals surface area contributed by atoms with Crippen molar-refractivity contribution in [2.75, 3.05) is 12.4 Å². The van der Waals surface area contributed by atoms with E-state index < -0.39 is 0 Å². The van der Waals surface area contributed by atoms with Crippen molar-refractivity contribution >= 4 is 45.1 Å². The van der Waals surface area contributed by atoms with Crippen LogP contribution in [0.4, 0.5) is 0 Å². The molecule has 5 nitrogen and oxygen atoms in total. The Morgan fingerprint density at radius 3 is 2.60 bits per heavy atom. The Hall–Kier alpha value is -1.87. The molecule has 0 radical (unpaired) electrons. The van der Waals surface area contributed by atoms with Gasteiger partial charge in [-0.05, 0) is 31.5 Å². The predicted octanol–water partition coefficient (Wildman–Crippen LogP) is 5.75. The number of ether oxygens (including phenoxy) is 1. The Labute approximate surface area is 189 Å². The summed E-state index contributed by atoms with van der Waals surface area (Å²) in [5.74, 6) is 2.56. The molecule has 2 aromatic carbocycles. The normalized spacial score (nSPS) is 11.6. The van der Waals surface area contributed by atoms with Crippen molar-refractivity contribution in [3.63, 3.8) is 0 Å². The first-order valence-corrected chi connectivity index (χ1v) is 12.7. The van der Waals surface area contributed by atoms with E-state index in [9.17, 15) is 0 Å².